The van der Waals surface area contributed by atoms with Crippen molar-refractivity contribution in [2.75, 3.05) is 7.05 Å². The highest BCUT2D eigenvalue weighted by Gasteiger charge is 2.30. The molecule has 0 radical (unpaired) electrons. The number of carbonyl (C=O) groups excluding carboxylic acids is 2. The summed E-state index contributed by atoms with van der Waals surface area (Å²) in [6, 6.07) is 9.48. The average molecular weight is 528 g/mol. The number of rotatable bonds is 4. The number of nitrogens with zero attached hydrogens (tertiary/aromatic N) is 1. The number of thiocarbonyl (C=S) groups is 1. The monoisotopic (exact) mass is 526 g/mol. The maximum atomic E-state index is 13.0. The minimum atomic E-state index is -0.544. The quantitative estimate of drug-likeness (QED) is 0.368. The number of ether oxygens (including phenoxy) is 1. The Morgan fingerprint density at radius 2 is 1.79 bits per heavy atom. The van der Waals surface area contributed by atoms with E-state index >= 15 is 0 Å². The number of halogens is 3. The maximum Gasteiger partial charge on any atom is 0.265 e. The Bertz CT molecular complexity index is 986. The summed E-state index contributed by atoms with van der Waals surface area (Å²) < 4.78 is 20.1. The van der Waals surface area contributed by atoms with Crippen LogP contribution in [-0.2, 0) is 16.2 Å². The lowest BCUT2D eigenvalue weighted by molar-refractivity contribution is -0.128. The van der Waals surface area contributed by atoms with Gasteiger partial charge in [0.15, 0.2) is 5.11 Å². The Labute approximate surface area is 182 Å². The fourth-order valence-electron chi connectivity index (χ4n) is 2.45. The summed E-state index contributed by atoms with van der Waals surface area (Å²) >= 11 is 11.8. The van der Waals surface area contributed by atoms with Gasteiger partial charge in [0.05, 0.1) is 8.95 Å². The van der Waals surface area contributed by atoms with Crippen LogP contribution < -0.4 is 10.1 Å². The predicted octanol–water partition coefficient (Wildman–Crippen LogP) is 4.19. The van der Waals surface area contributed by atoms with Crippen molar-refractivity contribution in [2.45, 2.75) is 6.61 Å². The number of amides is 2. The van der Waals surface area contributed by atoms with Crippen LogP contribution in [0.2, 0.25) is 0 Å². The topological polar surface area (TPSA) is 58.6 Å². The van der Waals surface area contributed by atoms with Crippen LogP contribution in [0.15, 0.2) is 50.9 Å². The van der Waals surface area contributed by atoms with Gasteiger partial charge in [-0.1, -0.05) is 12.1 Å². The van der Waals surface area contributed by atoms with Crippen LogP contribution in [0.5, 0.6) is 5.75 Å². The molecular formula is C19H13Br2FN2O3S. The summed E-state index contributed by atoms with van der Waals surface area (Å²) in [6.07, 6.45) is 1.48. The van der Waals surface area contributed by atoms with Crippen LogP contribution in [0.4, 0.5) is 4.39 Å². The molecule has 144 valence electrons. The minimum absolute atomic E-state index is 0.0186. The van der Waals surface area contributed by atoms with Crippen molar-refractivity contribution >= 4 is 67.1 Å². The van der Waals surface area contributed by atoms with Crippen molar-refractivity contribution in [3.05, 3.63) is 67.9 Å². The highest BCUT2D eigenvalue weighted by molar-refractivity contribution is 9.11. The van der Waals surface area contributed by atoms with Gasteiger partial charge in [0.1, 0.15) is 23.7 Å². The molecule has 1 fully saturated rings. The Morgan fingerprint density at radius 1 is 1.18 bits per heavy atom. The van der Waals surface area contributed by atoms with Crippen molar-refractivity contribution in [3.8, 4) is 5.75 Å². The molecule has 1 saturated heterocycles. The zero-order valence-corrected chi connectivity index (χ0v) is 18.5. The van der Waals surface area contributed by atoms with Gasteiger partial charge in [0, 0.05) is 7.05 Å². The summed E-state index contributed by atoms with van der Waals surface area (Å²) in [4.78, 5) is 25.6. The van der Waals surface area contributed by atoms with Crippen molar-refractivity contribution in [2.24, 2.45) is 0 Å². The lowest BCUT2D eigenvalue weighted by Crippen LogP contribution is -2.52. The van der Waals surface area contributed by atoms with Gasteiger partial charge in [-0.15, -0.1) is 0 Å². The van der Waals surface area contributed by atoms with E-state index in [1.54, 1.807) is 24.3 Å². The lowest BCUT2D eigenvalue weighted by atomic mass is 10.1. The Morgan fingerprint density at radius 3 is 2.39 bits per heavy atom. The highest BCUT2D eigenvalue weighted by atomic mass is 79.9. The molecule has 5 nitrogen and oxygen atoms in total. The molecule has 0 saturated carbocycles. The first-order chi connectivity index (χ1) is 13.3. The van der Waals surface area contributed by atoms with E-state index < -0.39 is 11.8 Å². The molecule has 0 spiro atoms. The number of nitrogens with one attached hydrogen (secondary N) is 1. The Hall–Kier alpha value is -2.10. The van der Waals surface area contributed by atoms with Crippen molar-refractivity contribution in [1.29, 1.82) is 0 Å². The second kappa shape index (κ2) is 8.50. The zero-order chi connectivity index (χ0) is 20.4. The van der Waals surface area contributed by atoms with E-state index in [-0.39, 0.29) is 23.1 Å². The first-order valence-electron chi connectivity index (χ1n) is 7.97. The number of carbonyl (C=O) groups is 2. The van der Waals surface area contributed by atoms with Gasteiger partial charge in [0.25, 0.3) is 11.8 Å². The molecule has 9 heteroatoms. The van der Waals surface area contributed by atoms with E-state index in [0.717, 1.165) is 5.56 Å². The summed E-state index contributed by atoms with van der Waals surface area (Å²) in [5, 5.41) is 2.54. The van der Waals surface area contributed by atoms with Crippen LogP contribution >= 0.6 is 44.1 Å². The average Bonchev–Trinajstić information content (AvgIpc) is 2.64. The number of hydrogen-bond acceptors (Lipinski definition) is 4. The summed E-state index contributed by atoms with van der Waals surface area (Å²) in [7, 11) is 1.50. The molecular weight excluding hydrogens is 515 g/mol. The molecule has 1 N–H and O–H groups in total. The molecule has 28 heavy (non-hydrogen) atoms. The molecule has 0 unspecified atom stereocenters. The normalized spacial score (nSPS) is 15.8. The number of hydrogen-bond donors (Lipinski definition) is 1. The molecule has 1 heterocycles. The summed E-state index contributed by atoms with van der Waals surface area (Å²) in [5.41, 5.74) is 1.41. The van der Waals surface area contributed by atoms with Crippen molar-refractivity contribution in [1.82, 2.24) is 10.2 Å². The molecule has 0 bridgehead atoms. The lowest BCUT2D eigenvalue weighted by Gasteiger charge is -2.25. The van der Waals surface area contributed by atoms with Gasteiger partial charge >= 0.3 is 0 Å². The molecule has 0 aliphatic carbocycles. The number of benzene rings is 2. The van der Waals surface area contributed by atoms with Crippen LogP contribution in [0.25, 0.3) is 6.08 Å². The van der Waals surface area contributed by atoms with E-state index in [0.29, 0.717) is 20.3 Å². The third-order valence-corrected chi connectivity index (χ3v) is 5.49. The predicted molar refractivity (Wildman–Crippen MR) is 114 cm³/mol. The van der Waals surface area contributed by atoms with E-state index in [1.165, 1.54) is 30.2 Å². The van der Waals surface area contributed by atoms with Gasteiger partial charge in [-0.05, 0) is 85.5 Å². The fraction of sp³-hybridized carbons (Fsp3) is 0.105. The van der Waals surface area contributed by atoms with E-state index in [2.05, 4.69) is 37.2 Å². The second-order valence-electron chi connectivity index (χ2n) is 5.91. The maximum absolute atomic E-state index is 13.0. The van der Waals surface area contributed by atoms with Gasteiger partial charge in [-0.25, -0.2) is 4.39 Å². The number of likely N-dealkylation sites (N-methyl/N-ethyl adjacent to an activating group) is 1. The SMILES string of the molecule is CN1C(=O)/C(=C/c2cc(Br)c(OCc3ccc(F)cc3)c(Br)c2)C(=O)NC1=S. The molecule has 1 aliphatic heterocycles. The molecule has 0 aromatic heterocycles. The van der Waals surface area contributed by atoms with Gasteiger partial charge < -0.3 is 4.74 Å². The third-order valence-electron chi connectivity index (χ3n) is 3.93. The van der Waals surface area contributed by atoms with Gasteiger partial charge in [-0.3, -0.25) is 19.8 Å². The smallest absolute Gasteiger partial charge is 0.265 e. The Balaban J connectivity index is 1.83. The Kier molecular flexibility index (Phi) is 6.26. The van der Waals surface area contributed by atoms with Crippen LogP contribution in [-0.4, -0.2) is 28.9 Å². The molecule has 2 aromatic carbocycles. The summed E-state index contributed by atoms with van der Waals surface area (Å²) in [6.45, 7) is 0.251. The molecule has 3 rings (SSSR count). The molecule has 2 aromatic rings. The fourth-order valence-corrected chi connectivity index (χ4v) is 4.08. The minimum Gasteiger partial charge on any atom is -0.487 e. The molecule has 2 amide bonds. The highest BCUT2D eigenvalue weighted by Crippen LogP contribution is 2.36. The molecule has 1 aliphatic rings. The zero-order valence-electron chi connectivity index (χ0n) is 14.5. The van der Waals surface area contributed by atoms with Crippen LogP contribution in [0.1, 0.15) is 11.1 Å². The first kappa shape index (κ1) is 20.6. The van der Waals surface area contributed by atoms with Crippen LogP contribution in [0, 0.1) is 5.82 Å². The third kappa shape index (κ3) is 4.48. The first-order valence-corrected chi connectivity index (χ1v) is 9.97. The van der Waals surface area contributed by atoms with Crippen molar-refractivity contribution in [3.63, 3.8) is 0 Å². The summed E-state index contributed by atoms with van der Waals surface area (Å²) in [5.74, 6) is -0.782. The van der Waals surface area contributed by atoms with Gasteiger partial charge in [-0.2, -0.15) is 0 Å². The second-order valence-corrected chi connectivity index (χ2v) is 8.01. The van der Waals surface area contributed by atoms with E-state index in [4.69, 9.17) is 17.0 Å². The molecule has 0 atom stereocenters. The van der Waals surface area contributed by atoms with Crippen molar-refractivity contribution < 1.29 is 18.7 Å². The van der Waals surface area contributed by atoms with Gasteiger partial charge in [0.2, 0.25) is 0 Å². The standard InChI is InChI=1S/C19H13Br2FN2O3S/c1-24-18(26)13(17(25)23-19(24)28)6-11-7-14(20)16(15(21)8-11)27-9-10-2-4-12(22)5-3-10/h2-8H,9H2,1H3,(H,23,25,28)/b13-6+. The van der Waals surface area contributed by atoms with E-state index in [1.807, 2.05) is 0 Å². The van der Waals surface area contributed by atoms with E-state index in [9.17, 15) is 14.0 Å². The van der Waals surface area contributed by atoms with Crippen LogP contribution in [0.3, 0.4) is 0 Å². The largest absolute Gasteiger partial charge is 0.487 e.